The third-order valence-electron chi connectivity index (χ3n) is 2.70. The van der Waals surface area contributed by atoms with Crippen LogP contribution in [-0.2, 0) is 0 Å². The highest BCUT2D eigenvalue weighted by molar-refractivity contribution is 9.10. The van der Waals surface area contributed by atoms with E-state index in [1.807, 2.05) is 25.1 Å². The lowest BCUT2D eigenvalue weighted by Crippen LogP contribution is -2.10. The molecule has 0 unspecified atom stereocenters. The highest BCUT2D eigenvalue weighted by Gasteiger charge is 2.07. The Balaban J connectivity index is 2.15. The van der Waals surface area contributed by atoms with Crippen LogP contribution in [0.25, 0.3) is 0 Å². The molecule has 2 N–H and O–H groups in total. The number of hydrogen-bond donors (Lipinski definition) is 1. The van der Waals surface area contributed by atoms with Gasteiger partial charge in [0.25, 0.3) is 0 Å². The average Bonchev–Trinajstić information content (AvgIpc) is 2.42. The fraction of sp³-hybridized carbons (Fsp3) is 0.214. The minimum atomic E-state index is -0.0367. The van der Waals surface area contributed by atoms with Crippen LogP contribution in [0.15, 0.2) is 41.0 Å². The van der Waals surface area contributed by atoms with Gasteiger partial charge in [-0.2, -0.15) is 0 Å². The number of ether oxygens (including phenoxy) is 1. The van der Waals surface area contributed by atoms with Gasteiger partial charge in [0.1, 0.15) is 11.5 Å². The first kappa shape index (κ1) is 14.3. The van der Waals surface area contributed by atoms with E-state index in [4.69, 9.17) is 22.1 Å². The Morgan fingerprint density at radius 3 is 2.74 bits per heavy atom. The smallest absolute Gasteiger partial charge is 0.146 e. The minimum absolute atomic E-state index is 0.0367. The molecule has 3 nitrogen and oxygen atoms in total. The predicted octanol–water partition coefficient (Wildman–Crippen LogP) is 4.70. The topological polar surface area (TPSA) is 48.1 Å². The summed E-state index contributed by atoms with van der Waals surface area (Å²) in [4.78, 5) is 4.29. The maximum atomic E-state index is 6.09. The number of nitrogens with zero attached hydrogens (tertiary/aromatic N) is 1. The average molecular weight is 342 g/mol. The number of pyridine rings is 1. The molecule has 0 fully saturated rings. The van der Waals surface area contributed by atoms with Gasteiger partial charge in [0.05, 0.1) is 16.9 Å². The maximum absolute atomic E-state index is 6.09. The summed E-state index contributed by atoms with van der Waals surface area (Å²) in [6.07, 6.45) is 2.51. The summed E-state index contributed by atoms with van der Waals surface area (Å²) in [6.45, 7) is 2.03. The van der Waals surface area contributed by atoms with Crippen LogP contribution in [0.1, 0.15) is 25.1 Å². The van der Waals surface area contributed by atoms with E-state index in [-0.39, 0.29) is 6.04 Å². The van der Waals surface area contributed by atoms with Crippen molar-refractivity contribution in [3.05, 3.63) is 51.7 Å². The van der Waals surface area contributed by atoms with Gasteiger partial charge >= 0.3 is 0 Å². The first-order valence-corrected chi connectivity index (χ1v) is 7.11. The highest BCUT2D eigenvalue weighted by Crippen LogP contribution is 2.31. The number of aromatic nitrogens is 1. The van der Waals surface area contributed by atoms with Gasteiger partial charge < -0.3 is 10.5 Å². The van der Waals surface area contributed by atoms with Crippen LogP contribution >= 0.6 is 27.5 Å². The molecule has 2 rings (SSSR count). The molecule has 0 aliphatic carbocycles. The van der Waals surface area contributed by atoms with Crippen LogP contribution < -0.4 is 10.5 Å². The second kappa shape index (κ2) is 6.37. The molecule has 0 aliphatic rings. The lowest BCUT2D eigenvalue weighted by atomic mass is 10.1. The van der Waals surface area contributed by atoms with E-state index < -0.39 is 0 Å². The molecule has 1 aromatic heterocycles. The van der Waals surface area contributed by atoms with Crippen LogP contribution in [0, 0.1) is 0 Å². The van der Waals surface area contributed by atoms with Crippen molar-refractivity contribution in [2.45, 2.75) is 19.4 Å². The van der Waals surface area contributed by atoms with E-state index in [1.165, 1.54) is 0 Å². The summed E-state index contributed by atoms with van der Waals surface area (Å²) in [5, 5.41) is 0.545. The highest BCUT2D eigenvalue weighted by atomic mass is 79.9. The molecule has 1 atom stereocenters. The third kappa shape index (κ3) is 3.69. The Kier molecular flexibility index (Phi) is 4.80. The fourth-order valence-electron chi connectivity index (χ4n) is 1.57. The molecule has 19 heavy (non-hydrogen) atoms. The van der Waals surface area contributed by atoms with Crippen molar-refractivity contribution in [2.24, 2.45) is 5.73 Å². The van der Waals surface area contributed by atoms with E-state index in [2.05, 4.69) is 20.9 Å². The fourth-order valence-corrected chi connectivity index (χ4v) is 2.28. The molecule has 0 bridgehead atoms. The quantitative estimate of drug-likeness (QED) is 0.877. The standard InChI is InChI=1S/C14H14BrClN2O/c1-2-12(17)13-5-4-10(8-18-13)19-14-6-3-9(15)7-11(14)16/h3-8,12H,2,17H2,1H3/t12-/m1/s1. The van der Waals surface area contributed by atoms with Crippen molar-refractivity contribution in [1.82, 2.24) is 4.98 Å². The third-order valence-corrected chi connectivity index (χ3v) is 3.49. The molecule has 0 saturated carbocycles. The summed E-state index contributed by atoms with van der Waals surface area (Å²) in [6, 6.07) is 9.14. The lowest BCUT2D eigenvalue weighted by Gasteiger charge is -2.10. The van der Waals surface area contributed by atoms with Gasteiger partial charge in [-0.25, -0.2) is 0 Å². The molecule has 1 heterocycles. The van der Waals surface area contributed by atoms with Gasteiger partial charge in [-0.05, 0) is 36.8 Å². The summed E-state index contributed by atoms with van der Waals surface area (Å²) in [5.74, 6) is 1.23. The second-order valence-electron chi connectivity index (χ2n) is 4.11. The van der Waals surface area contributed by atoms with Crippen LogP contribution in [0.5, 0.6) is 11.5 Å². The SMILES string of the molecule is CC[C@@H](N)c1ccc(Oc2ccc(Br)cc2Cl)cn1. The maximum Gasteiger partial charge on any atom is 0.146 e. The molecule has 1 aromatic carbocycles. The van der Waals surface area contributed by atoms with Gasteiger partial charge in [0.2, 0.25) is 0 Å². The molecule has 5 heteroatoms. The summed E-state index contributed by atoms with van der Waals surface area (Å²) in [5.41, 5.74) is 6.77. The number of nitrogens with two attached hydrogens (primary N) is 1. The Bertz CT molecular complexity index is 560. The van der Waals surface area contributed by atoms with Gasteiger partial charge in [0.15, 0.2) is 0 Å². The number of hydrogen-bond acceptors (Lipinski definition) is 3. The first-order chi connectivity index (χ1) is 9.10. The predicted molar refractivity (Wildman–Crippen MR) is 80.7 cm³/mol. The van der Waals surface area contributed by atoms with E-state index in [9.17, 15) is 0 Å². The molecule has 0 saturated heterocycles. The Morgan fingerprint density at radius 2 is 2.16 bits per heavy atom. The van der Waals surface area contributed by atoms with Crippen molar-refractivity contribution in [3.8, 4) is 11.5 Å². The molecule has 0 spiro atoms. The van der Waals surface area contributed by atoms with Crippen molar-refractivity contribution in [2.75, 3.05) is 0 Å². The second-order valence-corrected chi connectivity index (χ2v) is 5.43. The van der Waals surface area contributed by atoms with Gasteiger partial charge in [-0.3, -0.25) is 4.98 Å². The molecule has 2 aromatic rings. The van der Waals surface area contributed by atoms with Crippen molar-refractivity contribution >= 4 is 27.5 Å². The van der Waals surface area contributed by atoms with Crippen LogP contribution in [0.2, 0.25) is 5.02 Å². The van der Waals surface area contributed by atoms with Crippen molar-refractivity contribution in [1.29, 1.82) is 0 Å². The molecular weight excluding hydrogens is 328 g/mol. The number of benzene rings is 1. The summed E-state index contributed by atoms with van der Waals surface area (Å²) < 4.78 is 6.59. The molecule has 0 aliphatic heterocycles. The van der Waals surface area contributed by atoms with Gasteiger partial charge in [0, 0.05) is 10.5 Å². The lowest BCUT2D eigenvalue weighted by molar-refractivity contribution is 0.479. The zero-order chi connectivity index (χ0) is 13.8. The van der Waals surface area contributed by atoms with E-state index in [0.717, 1.165) is 16.6 Å². The van der Waals surface area contributed by atoms with E-state index in [1.54, 1.807) is 18.3 Å². The number of halogens is 2. The molecule has 0 radical (unpaired) electrons. The normalized spacial score (nSPS) is 12.2. The Morgan fingerprint density at radius 1 is 1.37 bits per heavy atom. The zero-order valence-corrected chi connectivity index (χ0v) is 12.8. The van der Waals surface area contributed by atoms with E-state index >= 15 is 0 Å². The molecule has 0 amide bonds. The zero-order valence-electron chi connectivity index (χ0n) is 10.4. The van der Waals surface area contributed by atoms with Gasteiger partial charge in [-0.1, -0.05) is 34.5 Å². The van der Waals surface area contributed by atoms with Crippen LogP contribution in [-0.4, -0.2) is 4.98 Å². The molecular formula is C14H14BrClN2O. The first-order valence-electron chi connectivity index (χ1n) is 5.94. The summed E-state index contributed by atoms with van der Waals surface area (Å²) in [7, 11) is 0. The van der Waals surface area contributed by atoms with Crippen LogP contribution in [0.4, 0.5) is 0 Å². The Labute approximate surface area is 125 Å². The molecule has 100 valence electrons. The van der Waals surface area contributed by atoms with Crippen LogP contribution in [0.3, 0.4) is 0 Å². The minimum Gasteiger partial charge on any atom is -0.454 e. The number of rotatable bonds is 4. The summed E-state index contributed by atoms with van der Waals surface area (Å²) >= 11 is 9.44. The van der Waals surface area contributed by atoms with E-state index in [0.29, 0.717) is 16.5 Å². The Hall–Kier alpha value is -1.10. The van der Waals surface area contributed by atoms with Gasteiger partial charge in [-0.15, -0.1) is 0 Å². The van der Waals surface area contributed by atoms with Crippen molar-refractivity contribution < 1.29 is 4.74 Å². The monoisotopic (exact) mass is 340 g/mol. The van der Waals surface area contributed by atoms with Crippen molar-refractivity contribution in [3.63, 3.8) is 0 Å². The largest absolute Gasteiger partial charge is 0.454 e.